The summed E-state index contributed by atoms with van der Waals surface area (Å²) in [5.74, 6) is 2.23. The third kappa shape index (κ3) is 9.26. The lowest BCUT2D eigenvalue weighted by Crippen LogP contribution is -2.33. The fourth-order valence-electron chi connectivity index (χ4n) is 8.33. The Morgan fingerprint density at radius 3 is 2.40 bits per heavy atom. The van der Waals surface area contributed by atoms with Gasteiger partial charge in [-0.05, 0) is 143 Å². The van der Waals surface area contributed by atoms with Gasteiger partial charge in [0.15, 0.2) is 11.5 Å². The molecule has 2 heterocycles. The molecule has 2 fully saturated rings. The van der Waals surface area contributed by atoms with Crippen LogP contribution < -0.4 is 0 Å². The number of aryl methyl sites for hydroxylation is 2. The van der Waals surface area contributed by atoms with Crippen molar-refractivity contribution in [3.63, 3.8) is 0 Å². The molecule has 0 radical (unpaired) electrons. The van der Waals surface area contributed by atoms with E-state index in [2.05, 4.69) is 35.2 Å². The van der Waals surface area contributed by atoms with Gasteiger partial charge in [-0.25, -0.2) is 0 Å². The molecule has 1 aliphatic carbocycles. The minimum absolute atomic E-state index is 0.0954. The molecule has 7 heteroatoms. The van der Waals surface area contributed by atoms with Gasteiger partial charge in [-0.3, -0.25) is 9.69 Å². The molecule has 0 spiro atoms. The van der Waals surface area contributed by atoms with Crippen molar-refractivity contribution in [1.29, 1.82) is 5.26 Å². The Kier molecular flexibility index (Phi) is 11.8. The van der Waals surface area contributed by atoms with Crippen LogP contribution in [0.15, 0.2) is 71.1 Å². The Balaban J connectivity index is 0.924. The quantitative estimate of drug-likeness (QED) is 0.110. The number of ketones is 1. The summed E-state index contributed by atoms with van der Waals surface area (Å²) in [5.41, 5.74) is 5.32. The van der Waals surface area contributed by atoms with Crippen molar-refractivity contribution in [1.82, 2.24) is 4.90 Å². The van der Waals surface area contributed by atoms with Crippen LogP contribution in [-0.2, 0) is 19.1 Å². The van der Waals surface area contributed by atoms with E-state index in [0.717, 1.165) is 112 Å². The number of benzene rings is 3. The first-order valence-electron chi connectivity index (χ1n) is 18.6. The number of nitrogens with zero attached hydrogens (tertiary/aromatic N) is 2. The summed E-state index contributed by atoms with van der Waals surface area (Å²) in [6.45, 7) is 4.97. The summed E-state index contributed by atoms with van der Waals surface area (Å²) in [4.78, 5) is 15.7. The van der Waals surface area contributed by atoms with Crippen molar-refractivity contribution >= 4 is 16.8 Å². The van der Waals surface area contributed by atoms with Crippen LogP contribution in [0.4, 0.5) is 13.2 Å². The Bertz CT molecular complexity index is 1780. The van der Waals surface area contributed by atoms with Crippen molar-refractivity contribution in [3.05, 3.63) is 106 Å². The number of hydrogen-bond donors (Lipinski definition) is 0. The summed E-state index contributed by atoms with van der Waals surface area (Å²) in [6, 6.07) is 22.3. The van der Waals surface area contributed by atoms with Crippen LogP contribution in [0.1, 0.15) is 127 Å². The highest BCUT2D eigenvalue weighted by Gasteiger charge is 2.30. The van der Waals surface area contributed by atoms with E-state index in [-0.39, 0.29) is 5.78 Å². The lowest BCUT2D eigenvalue weighted by atomic mass is 9.89. The molecule has 0 amide bonds. The van der Waals surface area contributed by atoms with Gasteiger partial charge >= 0.3 is 6.18 Å². The van der Waals surface area contributed by atoms with Crippen LogP contribution in [0, 0.1) is 30.1 Å². The van der Waals surface area contributed by atoms with E-state index >= 15 is 0 Å². The number of hydrogen-bond acceptors (Lipinski definition) is 4. The van der Waals surface area contributed by atoms with Crippen LogP contribution in [0.2, 0.25) is 0 Å². The maximum absolute atomic E-state index is 13.2. The second kappa shape index (κ2) is 16.4. The first-order valence-corrected chi connectivity index (χ1v) is 18.6. The number of carbonyl (C=O) groups is 1. The van der Waals surface area contributed by atoms with Crippen LogP contribution >= 0.6 is 0 Å². The lowest BCUT2D eigenvalue weighted by molar-refractivity contribution is -0.137. The number of halogens is 3. The van der Waals surface area contributed by atoms with E-state index in [1.165, 1.54) is 29.7 Å². The molecule has 4 nitrogen and oxygen atoms in total. The third-order valence-electron chi connectivity index (χ3n) is 11.3. The van der Waals surface area contributed by atoms with Gasteiger partial charge in [0, 0.05) is 23.9 Å². The third-order valence-corrected chi connectivity index (χ3v) is 11.3. The molecule has 3 aromatic carbocycles. The summed E-state index contributed by atoms with van der Waals surface area (Å²) >= 11 is 0. The maximum atomic E-state index is 13.2. The Morgan fingerprint density at radius 2 is 1.64 bits per heavy atom. The number of carbonyl (C=O) groups excluding carboxylic acids is 1. The lowest BCUT2D eigenvalue weighted by Gasteiger charge is -2.32. The second-order valence-electron chi connectivity index (χ2n) is 14.8. The van der Waals surface area contributed by atoms with Crippen LogP contribution in [0.3, 0.4) is 0 Å². The minimum atomic E-state index is -4.29. The topological polar surface area (TPSA) is 57.2 Å². The number of Topliss-reactive ketones (excluding diaryl/α,β-unsaturated/α-hetero) is 1. The molecule has 2 aliphatic rings. The smallest absolute Gasteiger partial charge is 0.416 e. The van der Waals surface area contributed by atoms with Gasteiger partial charge in [-0.15, -0.1) is 0 Å². The van der Waals surface area contributed by atoms with Crippen molar-refractivity contribution in [2.45, 2.75) is 109 Å². The molecule has 2 atom stereocenters. The Morgan fingerprint density at radius 1 is 0.880 bits per heavy atom. The van der Waals surface area contributed by atoms with E-state index in [9.17, 15) is 18.0 Å². The fraction of sp³-hybridized carbons (Fsp3) is 0.488. The monoisotopic (exact) mass is 682 g/mol. The van der Waals surface area contributed by atoms with Gasteiger partial charge in [0.25, 0.3) is 0 Å². The van der Waals surface area contributed by atoms with Gasteiger partial charge in [0.2, 0.25) is 0 Å². The van der Waals surface area contributed by atoms with Crippen molar-refractivity contribution < 1.29 is 22.4 Å². The van der Waals surface area contributed by atoms with E-state index < -0.39 is 11.7 Å². The summed E-state index contributed by atoms with van der Waals surface area (Å²) in [6.07, 6.45) is 9.11. The molecule has 0 bridgehead atoms. The van der Waals surface area contributed by atoms with E-state index in [1.54, 1.807) is 12.1 Å². The van der Waals surface area contributed by atoms with Gasteiger partial charge in [0.1, 0.15) is 5.58 Å². The number of rotatable bonds is 12. The summed E-state index contributed by atoms with van der Waals surface area (Å²) in [7, 11) is 0. The summed E-state index contributed by atoms with van der Waals surface area (Å²) < 4.78 is 45.1. The van der Waals surface area contributed by atoms with E-state index in [1.807, 2.05) is 25.1 Å². The predicted octanol–water partition coefficient (Wildman–Crippen LogP) is 11.6. The van der Waals surface area contributed by atoms with Crippen LogP contribution in [0.5, 0.6) is 0 Å². The first kappa shape index (κ1) is 35.9. The molecule has 2 unspecified atom stereocenters. The summed E-state index contributed by atoms with van der Waals surface area (Å²) in [5, 5.41) is 10.2. The number of fused-ring (bicyclic) bond motifs is 1. The molecule has 1 saturated carbocycles. The van der Waals surface area contributed by atoms with Crippen molar-refractivity contribution in [2.75, 3.05) is 13.1 Å². The molecule has 264 valence electrons. The Hall–Kier alpha value is -3.89. The first-order chi connectivity index (χ1) is 24.2. The van der Waals surface area contributed by atoms with Crippen molar-refractivity contribution in [3.8, 4) is 6.07 Å². The number of furan rings is 1. The molecule has 6 rings (SSSR count). The molecular formula is C43H49F3N2O2. The van der Waals surface area contributed by atoms with Gasteiger partial charge < -0.3 is 4.42 Å². The average molecular weight is 683 g/mol. The van der Waals surface area contributed by atoms with Crippen LogP contribution in [0.25, 0.3) is 11.0 Å². The molecule has 1 aliphatic heterocycles. The molecular weight excluding hydrogens is 633 g/mol. The van der Waals surface area contributed by atoms with Gasteiger partial charge in [-0.2, -0.15) is 18.4 Å². The normalized spacial score (nSPS) is 19.3. The Labute approximate surface area is 294 Å². The number of piperidine rings is 1. The predicted molar refractivity (Wildman–Crippen MR) is 192 cm³/mol. The highest BCUT2D eigenvalue weighted by Crippen LogP contribution is 2.38. The van der Waals surface area contributed by atoms with Gasteiger partial charge in [0.05, 0.1) is 17.2 Å². The molecule has 0 N–H and O–H groups in total. The standard InChI is InChI=1S/C43H49F3N2O2/c1-30-39-21-15-33(9-2-6-31-7-4-12-36(16-14-31)37-17-19-38(20-18-37)43(44,45)46)27-41(39)50-42(30)40(49)13-5-8-32-22-24-48(25-23-32)29-35-11-3-10-34(26-35)28-47/h3,10-11,15,17-21,26-27,31-32,36H,2,4-9,12-14,16,22-25,29H2,1H3. The zero-order chi connectivity index (χ0) is 35.1. The highest BCUT2D eigenvalue weighted by molar-refractivity contribution is 6.00. The second-order valence-corrected chi connectivity index (χ2v) is 14.8. The zero-order valence-electron chi connectivity index (χ0n) is 29.2. The number of likely N-dealkylation sites (tertiary alicyclic amines) is 1. The highest BCUT2D eigenvalue weighted by atomic mass is 19.4. The maximum Gasteiger partial charge on any atom is 0.416 e. The number of nitriles is 1. The molecule has 4 aromatic rings. The zero-order valence-corrected chi connectivity index (χ0v) is 29.2. The van der Waals surface area contributed by atoms with E-state index in [0.29, 0.717) is 35.5 Å². The fourth-order valence-corrected chi connectivity index (χ4v) is 8.33. The van der Waals surface area contributed by atoms with E-state index in [4.69, 9.17) is 9.68 Å². The largest absolute Gasteiger partial charge is 0.453 e. The van der Waals surface area contributed by atoms with Gasteiger partial charge in [-0.1, -0.05) is 55.7 Å². The van der Waals surface area contributed by atoms with Crippen molar-refractivity contribution in [2.24, 2.45) is 11.8 Å². The van der Waals surface area contributed by atoms with Crippen LogP contribution in [-0.4, -0.2) is 23.8 Å². The molecule has 1 saturated heterocycles. The average Bonchev–Trinajstić information content (AvgIpc) is 3.27. The SMILES string of the molecule is Cc1c(C(=O)CCCC2CCN(Cc3cccc(C#N)c3)CC2)oc2cc(CCCC3CCCC(c4ccc(C(F)(F)F)cc4)CC3)ccc12. The molecule has 1 aromatic heterocycles. The minimum Gasteiger partial charge on any atom is -0.453 e. The number of alkyl halides is 3. The molecule has 50 heavy (non-hydrogen) atoms.